The van der Waals surface area contributed by atoms with E-state index >= 15 is 0 Å². The molecule has 1 unspecified atom stereocenters. The van der Waals surface area contributed by atoms with Crippen LogP contribution in [0, 0.1) is 5.41 Å². The quantitative estimate of drug-likeness (QED) is 0.928. The van der Waals surface area contributed by atoms with Gasteiger partial charge < -0.3 is 5.11 Å². The molecule has 1 aromatic carbocycles. The predicted octanol–water partition coefficient (Wildman–Crippen LogP) is 3.99. The van der Waals surface area contributed by atoms with Crippen LogP contribution >= 0.6 is 23.2 Å². The maximum atomic E-state index is 10.7. The first kappa shape index (κ1) is 16.0. The average Bonchev–Trinajstić information content (AvgIpc) is 2.87. The Morgan fingerprint density at radius 3 is 2.57 bits per heavy atom. The molecule has 0 aliphatic heterocycles. The molecule has 1 atom stereocenters. The minimum Gasteiger partial charge on any atom is -0.388 e. The Morgan fingerprint density at radius 2 is 2.05 bits per heavy atom. The van der Waals surface area contributed by atoms with Crippen LogP contribution < -0.4 is 0 Å². The molecule has 0 spiro atoms. The summed E-state index contributed by atoms with van der Waals surface area (Å²) in [6, 6.07) is 5.19. The van der Waals surface area contributed by atoms with E-state index in [9.17, 15) is 5.11 Å². The molecular formula is C15H17Cl2N3O. The van der Waals surface area contributed by atoms with E-state index in [-0.39, 0.29) is 5.41 Å². The fraction of sp³-hybridized carbons (Fsp3) is 0.333. The van der Waals surface area contributed by atoms with Gasteiger partial charge in [0, 0.05) is 27.4 Å². The number of aromatic nitrogens is 3. The maximum Gasteiger partial charge on any atom is 0.138 e. The summed E-state index contributed by atoms with van der Waals surface area (Å²) in [6.07, 6.45) is 3.98. The third kappa shape index (κ3) is 3.84. The molecule has 0 saturated heterocycles. The summed E-state index contributed by atoms with van der Waals surface area (Å²) in [5.41, 5.74) is 1.03. The van der Waals surface area contributed by atoms with Crippen molar-refractivity contribution in [3.63, 3.8) is 0 Å². The highest BCUT2D eigenvalue weighted by Crippen LogP contribution is 2.35. The van der Waals surface area contributed by atoms with Gasteiger partial charge in [0.05, 0.1) is 6.10 Å². The Hall–Kier alpha value is -1.36. The molecule has 0 aliphatic rings. The summed E-state index contributed by atoms with van der Waals surface area (Å²) >= 11 is 12.2. The van der Waals surface area contributed by atoms with E-state index in [1.807, 2.05) is 20.8 Å². The lowest BCUT2D eigenvalue weighted by molar-refractivity contribution is 0.114. The second-order valence-corrected chi connectivity index (χ2v) is 6.70. The van der Waals surface area contributed by atoms with Crippen LogP contribution in [0.3, 0.4) is 0 Å². The Balaban J connectivity index is 2.56. The predicted molar refractivity (Wildman–Crippen MR) is 86.1 cm³/mol. The Kier molecular flexibility index (Phi) is 4.71. The zero-order valence-corrected chi connectivity index (χ0v) is 13.6. The molecule has 112 valence electrons. The first-order chi connectivity index (χ1) is 9.79. The van der Waals surface area contributed by atoms with Gasteiger partial charge in [0.1, 0.15) is 12.7 Å². The third-order valence-electron chi connectivity index (χ3n) is 3.07. The van der Waals surface area contributed by atoms with Crippen LogP contribution in [-0.2, 0) is 0 Å². The number of benzene rings is 1. The van der Waals surface area contributed by atoms with Gasteiger partial charge >= 0.3 is 0 Å². The van der Waals surface area contributed by atoms with Gasteiger partial charge in [-0.3, -0.25) is 0 Å². The SMILES string of the molecule is CC(C)(C)C(O)/C(=C/n1cncn1)c1ccc(Cl)cc1Cl. The summed E-state index contributed by atoms with van der Waals surface area (Å²) in [7, 11) is 0. The average molecular weight is 326 g/mol. The van der Waals surface area contributed by atoms with Gasteiger partial charge in [0.2, 0.25) is 0 Å². The third-order valence-corrected chi connectivity index (χ3v) is 3.61. The topological polar surface area (TPSA) is 50.9 Å². The van der Waals surface area contributed by atoms with Crippen molar-refractivity contribution in [2.24, 2.45) is 5.41 Å². The molecule has 0 saturated carbocycles. The minimum atomic E-state index is -0.722. The molecule has 2 rings (SSSR count). The highest BCUT2D eigenvalue weighted by molar-refractivity contribution is 6.35. The van der Waals surface area contributed by atoms with Gasteiger partial charge in [-0.15, -0.1) is 0 Å². The molecular weight excluding hydrogens is 309 g/mol. The summed E-state index contributed by atoms with van der Waals surface area (Å²) in [5.74, 6) is 0. The van der Waals surface area contributed by atoms with Crippen molar-refractivity contribution in [1.29, 1.82) is 0 Å². The van der Waals surface area contributed by atoms with Gasteiger partial charge in [-0.05, 0) is 17.5 Å². The number of hydrogen-bond acceptors (Lipinski definition) is 3. The second kappa shape index (κ2) is 6.18. The van der Waals surface area contributed by atoms with Crippen molar-refractivity contribution < 1.29 is 5.11 Å². The van der Waals surface area contributed by atoms with E-state index in [0.717, 1.165) is 5.56 Å². The molecule has 6 heteroatoms. The molecule has 0 amide bonds. The Labute approximate surface area is 134 Å². The van der Waals surface area contributed by atoms with Crippen LogP contribution in [0.1, 0.15) is 26.3 Å². The van der Waals surface area contributed by atoms with Crippen molar-refractivity contribution in [2.45, 2.75) is 26.9 Å². The second-order valence-electron chi connectivity index (χ2n) is 5.85. The molecule has 1 heterocycles. The van der Waals surface area contributed by atoms with Gasteiger partial charge in [-0.1, -0.05) is 50.0 Å². The highest BCUT2D eigenvalue weighted by Gasteiger charge is 2.28. The van der Waals surface area contributed by atoms with Crippen molar-refractivity contribution in [2.75, 3.05) is 0 Å². The summed E-state index contributed by atoms with van der Waals surface area (Å²) in [5, 5.41) is 15.7. The summed E-state index contributed by atoms with van der Waals surface area (Å²) in [4.78, 5) is 3.90. The zero-order valence-electron chi connectivity index (χ0n) is 12.1. The van der Waals surface area contributed by atoms with E-state index in [1.165, 1.54) is 11.0 Å². The molecule has 2 aromatic rings. The van der Waals surface area contributed by atoms with Crippen LogP contribution in [-0.4, -0.2) is 26.0 Å². The lowest BCUT2D eigenvalue weighted by Crippen LogP contribution is -2.27. The number of rotatable bonds is 3. The number of aliphatic hydroxyl groups is 1. The lowest BCUT2D eigenvalue weighted by atomic mass is 9.82. The van der Waals surface area contributed by atoms with Crippen molar-refractivity contribution in [3.8, 4) is 0 Å². The van der Waals surface area contributed by atoms with E-state index in [2.05, 4.69) is 10.1 Å². The fourth-order valence-electron chi connectivity index (χ4n) is 1.90. The maximum absolute atomic E-state index is 10.7. The number of halogens is 2. The van der Waals surface area contributed by atoms with E-state index in [0.29, 0.717) is 15.6 Å². The summed E-state index contributed by atoms with van der Waals surface area (Å²) in [6.45, 7) is 5.87. The van der Waals surface area contributed by atoms with Crippen molar-refractivity contribution >= 4 is 35.0 Å². The fourth-order valence-corrected chi connectivity index (χ4v) is 2.42. The highest BCUT2D eigenvalue weighted by atomic mass is 35.5. The number of aliphatic hydroxyl groups excluding tert-OH is 1. The standard InChI is InChI=1S/C15H17Cl2N3O/c1-15(2,3)14(21)12(7-20-9-18-8-19-20)11-5-4-10(16)6-13(11)17/h4-9,14,21H,1-3H3/b12-7+. The van der Waals surface area contributed by atoms with Crippen LogP contribution in [0.15, 0.2) is 30.9 Å². The molecule has 0 fully saturated rings. The van der Waals surface area contributed by atoms with E-state index in [4.69, 9.17) is 23.2 Å². The largest absolute Gasteiger partial charge is 0.388 e. The van der Waals surface area contributed by atoms with E-state index in [1.54, 1.807) is 30.7 Å². The molecule has 0 radical (unpaired) electrons. The van der Waals surface area contributed by atoms with Gasteiger partial charge in [-0.2, -0.15) is 5.10 Å². The van der Waals surface area contributed by atoms with Crippen LogP contribution in [0.5, 0.6) is 0 Å². The van der Waals surface area contributed by atoms with Crippen LogP contribution in [0.4, 0.5) is 0 Å². The Morgan fingerprint density at radius 1 is 1.33 bits per heavy atom. The Bertz CT molecular complexity index is 645. The normalized spacial score (nSPS) is 14.3. The lowest BCUT2D eigenvalue weighted by Gasteiger charge is -2.28. The monoisotopic (exact) mass is 325 g/mol. The van der Waals surface area contributed by atoms with Crippen molar-refractivity contribution in [3.05, 3.63) is 46.5 Å². The number of nitrogens with zero attached hydrogens (tertiary/aromatic N) is 3. The first-order valence-corrected chi connectivity index (χ1v) is 7.24. The molecule has 4 nitrogen and oxygen atoms in total. The molecule has 0 bridgehead atoms. The molecule has 21 heavy (non-hydrogen) atoms. The molecule has 0 aliphatic carbocycles. The van der Waals surface area contributed by atoms with Gasteiger partial charge in [-0.25, -0.2) is 9.67 Å². The van der Waals surface area contributed by atoms with Crippen LogP contribution in [0.25, 0.3) is 11.8 Å². The smallest absolute Gasteiger partial charge is 0.138 e. The van der Waals surface area contributed by atoms with Crippen molar-refractivity contribution in [1.82, 2.24) is 14.8 Å². The van der Waals surface area contributed by atoms with Gasteiger partial charge in [0.25, 0.3) is 0 Å². The van der Waals surface area contributed by atoms with E-state index < -0.39 is 6.10 Å². The molecule has 1 N–H and O–H groups in total. The molecule has 1 aromatic heterocycles. The minimum absolute atomic E-state index is 0.352. The van der Waals surface area contributed by atoms with Crippen LogP contribution in [0.2, 0.25) is 10.0 Å². The van der Waals surface area contributed by atoms with Gasteiger partial charge in [0.15, 0.2) is 0 Å². The summed E-state index contributed by atoms with van der Waals surface area (Å²) < 4.78 is 1.54. The first-order valence-electron chi connectivity index (χ1n) is 6.48. The zero-order chi connectivity index (χ0) is 15.6. The number of hydrogen-bond donors (Lipinski definition) is 1.